The second-order valence-corrected chi connectivity index (χ2v) is 6.94. The number of benzene rings is 1. The third kappa shape index (κ3) is 5.12. The topological polar surface area (TPSA) is 32.8 Å². The first-order valence-electron chi connectivity index (χ1n) is 8.12. The summed E-state index contributed by atoms with van der Waals surface area (Å²) in [5.41, 5.74) is -0.646. The molecule has 8 heteroatoms. The van der Waals surface area contributed by atoms with Gasteiger partial charge in [0.05, 0.1) is 17.7 Å². The van der Waals surface area contributed by atoms with Crippen LogP contribution < -0.4 is 0 Å². The summed E-state index contributed by atoms with van der Waals surface area (Å²) in [5, 5.41) is 0. The zero-order chi connectivity index (χ0) is 18.6. The molecule has 4 nitrogen and oxygen atoms in total. The van der Waals surface area contributed by atoms with Gasteiger partial charge in [-0.05, 0) is 44.3 Å². The maximum Gasteiger partial charge on any atom is 0.416 e. The van der Waals surface area contributed by atoms with Gasteiger partial charge in [-0.25, -0.2) is 9.10 Å². The molecule has 1 atom stereocenters. The summed E-state index contributed by atoms with van der Waals surface area (Å²) in [6.45, 7) is 3.45. The fraction of sp³-hybridized carbons (Fsp3) is 0.588. The summed E-state index contributed by atoms with van der Waals surface area (Å²) in [6, 6.07) is 4.03. The summed E-state index contributed by atoms with van der Waals surface area (Å²) in [7, 11) is 1.99. The SMILES string of the molecule is CCOC(=O)c1ccc(CN2CC[C@@H](N(C)SC)C2)c(C(F)(F)F)c1. The van der Waals surface area contributed by atoms with Crippen molar-refractivity contribution in [1.29, 1.82) is 0 Å². The first-order valence-corrected chi connectivity index (χ1v) is 9.31. The quantitative estimate of drug-likeness (QED) is 0.559. The molecule has 1 aromatic rings. The molecule has 0 spiro atoms. The van der Waals surface area contributed by atoms with E-state index < -0.39 is 17.7 Å². The molecule has 0 radical (unpaired) electrons. The molecule has 2 rings (SSSR count). The Bertz CT molecular complexity index is 610. The number of hydrogen-bond acceptors (Lipinski definition) is 5. The van der Waals surface area contributed by atoms with E-state index in [-0.39, 0.29) is 24.3 Å². The van der Waals surface area contributed by atoms with Crippen molar-refractivity contribution in [2.24, 2.45) is 0 Å². The van der Waals surface area contributed by atoms with Gasteiger partial charge < -0.3 is 4.74 Å². The van der Waals surface area contributed by atoms with Crippen LogP contribution in [0.15, 0.2) is 18.2 Å². The van der Waals surface area contributed by atoms with Crippen molar-refractivity contribution in [3.63, 3.8) is 0 Å². The molecule has 0 saturated carbocycles. The lowest BCUT2D eigenvalue weighted by atomic mass is 10.0. The minimum atomic E-state index is -4.51. The smallest absolute Gasteiger partial charge is 0.416 e. The van der Waals surface area contributed by atoms with Gasteiger partial charge in [-0.15, -0.1) is 0 Å². The fourth-order valence-corrected chi connectivity index (χ4v) is 3.43. The molecule has 0 aromatic heterocycles. The largest absolute Gasteiger partial charge is 0.462 e. The van der Waals surface area contributed by atoms with E-state index >= 15 is 0 Å². The summed E-state index contributed by atoms with van der Waals surface area (Å²) < 4.78 is 47.2. The van der Waals surface area contributed by atoms with Crippen molar-refractivity contribution >= 4 is 17.9 Å². The number of ether oxygens (including phenoxy) is 1. The number of nitrogens with zero attached hydrogens (tertiary/aromatic N) is 2. The predicted octanol–water partition coefficient (Wildman–Crippen LogP) is 3.67. The molecule has 1 fully saturated rings. The van der Waals surface area contributed by atoms with E-state index in [1.165, 1.54) is 12.1 Å². The van der Waals surface area contributed by atoms with Crippen LogP contribution >= 0.6 is 11.9 Å². The van der Waals surface area contributed by atoms with E-state index in [1.807, 2.05) is 18.2 Å². The van der Waals surface area contributed by atoms with Crippen LogP contribution in [-0.4, -0.2) is 54.2 Å². The molecule has 0 unspecified atom stereocenters. The second-order valence-electron chi connectivity index (χ2n) is 6.00. The third-order valence-corrected chi connectivity index (χ3v) is 5.24. The molecule has 25 heavy (non-hydrogen) atoms. The number of carbonyl (C=O) groups is 1. The van der Waals surface area contributed by atoms with Gasteiger partial charge in [0.2, 0.25) is 0 Å². The average molecular weight is 376 g/mol. The highest BCUT2D eigenvalue weighted by molar-refractivity contribution is 7.96. The van der Waals surface area contributed by atoms with Crippen LogP contribution in [0.5, 0.6) is 0 Å². The van der Waals surface area contributed by atoms with Gasteiger partial charge in [0.15, 0.2) is 0 Å². The number of likely N-dealkylation sites (tertiary alicyclic amines) is 1. The van der Waals surface area contributed by atoms with Gasteiger partial charge in [0.25, 0.3) is 0 Å². The zero-order valence-electron chi connectivity index (χ0n) is 14.6. The Morgan fingerprint density at radius 1 is 1.44 bits per heavy atom. The molecule has 0 amide bonds. The molecule has 140 valence electrons. The van der Waals surface area contributed by atoms with Gasteiger partial charge in [0, 0.05) is 25.7 Å². The van der Waals surface area contributed by atoms with Gasteiger partial charge in [0.1, 0.15) is 0 Å². The summed E-state index contributed by atoms with van der Waals surface area (Å²) >= 11 is 1.62. The van der Waals surface area contributed by atoms with E-state index in [1.54, 1.807) is 18.9 Å². The van der Waals surface area contributed by atoms with E-state index in [0.29, 0.717) is 6.04 Å². The fourth-order valence-electron chi connectivity index (χ4n) is 2.96. The summed E-state index contributed by atoms with van der Waals surface area (Å²) in [6.07, 6.45) is -1.59. The first-order chi connectivity index (χ1) is 11.8. The van der Waals surface area contributed by atoms with Crippen LogP contribution in [-0.2, 0) is 17.5 Å². The maximum atomic E-state index is 13.4. The molecule has 0 N–H and O–H groups in total. The van der Waals surface area contributed by atoms with Crippen LogP contribution in [0.1, 0.15) is 34.8 Å². The van der Waals surface area contributed by atoms with Crippen LogP contribution in [0.2, 0.25) is 0 Å². The van der Waals surface area contributed by atoms with E-state index in [9.17, 15) is 18.0 Å². The lowest BCUT2D eigenvalue weighted by Gasteiger charge is -2.23. The van der Waals surface area contributed by atoms with Crippen LogP contribution in [0.4, 0.5) is 13.2 Å². The maximum absolute atomic E-state index is 13.4. The van der Waals surface area contributed by atoms with Crippen molar-refractivity contribution in [2.45, 2.75) is 32.1 Å². The summed E-state index contributed by atoms with van der Waals surface area (Å²) in [5.74, 6) is -0.734. The Balaban J connectivity index is 2.19. The summed E-state index contributed by atoms with van der Waals surface area (Å²) in [4.78, 5) is 13.7. The first kappa shape index (κ1) is 20.1. The molecule has 1 aromatic carbocycles. The number of carbonyl (C=O) groups excluding carboxylic acids is 1. The molecule has 0 aliphatic carbocycles. The monoisotopic (exact) mass is 376 g/mol. The van der Waals surface area contributed by atoms with Gasteiger partial charge in [-0.3, -0.25) is 4.90 Å². The number of rotatable bonds is 6. The van der Waals surface area contributed by atoms with Crippen molar-refractivity contribution in [1.82, 2.24) is 9.21 Å². The molecular formula is C17H23F3N2O2S. The number of likely N-dealkylation sites (N-methyl/N-ethyl adjacent to an activating group) is 1. The number of alkyl halides is 3. The highest BCUT2D eigenvalue weighted by Gasteiger charge is 2.35. The van der Waals surface area contributed by atoms with Gasteiger partial charge in [-0.2, -0.15) is 13.2 Å². The molecule has 1 aliphatic rings. The molecule has 1 heterocycles. The van der Waals surface area contributed by atoms with Crippen molar-refractivity contribution < 1.29 is 22.7 Å². The second kappa shape index (κ2) is 8.42. The van der Waals surface area contributed by atoms with Crippen molar-refractivity contribution in [2.75, 3.05) is 33.0 Å². The van der Waals surface area contributed by atoms with E-state index in [4.69, 9.17) is 4.74 Å². The van der Waals surface area contributed by atoms with Crippen LogP contribution in [0, 0.1) is 0 Å². The normalized spacial score (nSPS) is 18.8. The Labute approximate surface area is 150 Å². The third-order valence-electron chi connectivity index (χ3n) is 4.37. The molecule has 0 bridgehead atoms. The highest BCUT2D eigenvalue weighted by atomic mass is 32.2. The standard InChI is InChI=1S/C17H23F3N2O2S/c1-4-24-16(23)12-5-6-13(15(9-12)17(18,19)20)10-22-8-7-14(11-22)21(2)25-3/h5-6,9,14H,4,7-8,10-11H2,1-3H3/t14-/m1/s1. The highest BCUT2D eigenvalue weighted by Crippen LogP contribution is 2.34. The van der Waals surface area contributed by atoms with Crippen molar-refractivity contribution in [3.05, 3.63) is 34.9 Å². The minimum Gasteiger partial charge on any atom is -0.462 e. The zero-order valence-corrected chi connectivity index (χ0v) is 15.4. The van der Waals surface area contributed by atoms with E-state index in [2.05, 4.69) is 4.31 Å². The lowest BCUT2D eigenvalue weighted by Crippen LogP contribution is -2.30. The van der Waals surface area contributed by atoms with Crippen LogP contribution in [0.3, 0.4) is 0 Å². The molecule has 1 aliphatic heterocycles. The number of esters is 1. The molecule has 1 saturated heterocycles. The Morgan fingerprint density at radius 2 is 2.16 bits per heavy atom. The van der Waals surface area contributed by atoms with Crippen molar-refractivity contribution in [3.8, 4) is 0 Å². The Morgan fingerprint density at radius 3 is 2.76 bits per heavy atom. The Hall–Kier alpha value is -1.25. The minimum absolute atomic E-state index is 0.0701. The molecular weight excluding hydrogens is 353 g/mol. The number of halogens is 3. The predicted molar refractivity (Wildman–Crippen MR) is 92.4 cm³/mol. The van der Waals surface area contributed by atoms with Crippen LogP contribution in [0.25, 0.3) is 0 Å². The van der Waals surface area contributed by atoms with Gasteiger partial charge >= 0.3 is 12.1 Å². The average Bonchev–Trinajstić information content (AvgIpc) is 3.02. The lowest BCUT2D eigenvalue weighted by molar-refractivity contribution is -0.138. The Kier molecular flexibility index (Phi) is 6.76. The number of hydrogen-bond donors (Lipinski definition) is 0. The van der Waals surface area contributed by atoms with E-state index in [0.717, 1.165) is 25.6 Å². The van der Waals surface area contributed by atoms with Gasteiger partial charge in [-0.1, -0.05) is 18.0 Å².